The van der Waals surface area contributed by atoms with E-state index in [0.717, 1.165) is 22.0 Å². The number of Topliss-reactive ketones (excluding diaryl/α,β-unsaturated/α-hetero) is 1. The van der Waals surface area contributed by atoms with Crippen LogP contribution in [0.3, 0.4) is 0 Å². The summed E-state index contributed by atoms with van der Waals surface area (Å²) in [5.74, 6) is -0.869. The van der Waals surface area contributed by atoms with Gasteiger partial charge < -0.3 is 19.7 Å². The number of carbonyl (C=O) groups is 2. The molecule has 0 bridgehead atoms. The summed E-state index contributed by atoms with van der Waals surface area (Å²) < 4.78 is 5.39. The van der Waals surface area contributed by atoms with E-state index in [1.807, 2.05) is 67.7 Å². The standard InChI is InChI=1S/C29H26N2O4/c1-18-10-12-19(13-11-18)27(32)25-26(20-6-5-7-22(16-20)35-2)31(29(34)28(25)33)15-14-21-17-30-24-9-4-3-8-23(21)24/h3-13,16-17,26,30,32H,14-15H2,1-2H3/t26-/m0/s1. The molecule has 3 aromatic carbocycles. The van der Waals surface area contributed by atoms with Crippen LogP contribution in [0.4, 0.5) is 0 Å². The number of fused-ring (bicyclic) bond motifs is 1. The molecule has 2 heterocycles. The summed E-state index contributed by atoms with van der Waals surface area (Å²) in [6.45, 7) is 2.27. The Morgan fingerprint density at radius 3 is 2.57 bits per heavy atom. The zero-order valence-corrected chi connectivity index (χ0v) is 19.6. The maximum Gasteiger partial charge on any atom is 0.295 e. The molecule has 2 N–H and O–H groups in total. The van der Waals surface area contributed by atoms with Crippen LogP contribution in [-0.4, -0.2) is 40.3 Å². The van der Waals surface area contributed by atoms with Gasteiger partial charge in [-0.2, -0.15) is 0 Å². The highest BCUT2D eigenvalue weighted by molar-refractivity contribution is 6.46. The van der Waals surface area contributed by atoms with E-state index in [-0.39, 0.29) is 11.3 Å². The second kappa shape index (κ2) is 9.14. The normalized spacial score (nSPS) is 17.3. The lowest BCUT2D eigenvalue weighted by molar-refractivity contribution is -0.139. The summed E-state index contributed by atoms with van der Waals surface area (Å²) in [5, 5.41) is 12.3. The number of aromatic amines is 1. The van der Waals surface area contributed by atoms with E-state index in [1.165, 1.54) is 0 Å². The molecule has 1 aromatic heterocycles. The Labute approximate surface area is 203 Å². The first kappa shape index (κ1) is 22.5. The van der Waals surface area contributed by atoms with Crippen LogP contribution < -0.4 is 4.74 Å². The van der Waals surface area contributed by atoms with Gasteiger partial charge in [0.25, 0.3) is 11.7 Å². The fourth-order valence-corrected chi connectivity index (χ4v) is 4.72. The number of aliphatic hydroxyl groups is 1. The van der Waals surface area contributed by atoms with Gasteiger partial charge in [0.1, 0.15) is 11.5 Å². The van der Waals surface area contributed by atoms with Crippen molar-refractivity contribution in [2.45, 2.75) is 19.4 Å². The first-order valence-electron chi connectivity index (χ1n) is 11.5. The number of aryl methyl sites for hydroxylation is 1. The number of nitrogens with zero attached hydrogens (tertiary/aromatic N) is 1. The van der Waals surface area contributed by atoms with Gasteiger partial charge in [0.15, 0.2) is 0 Å². The number of methoxy groups -OCH3 is 1. The molecular formula is C29H26N2O4. The zero-order chi connectivity index (χ0) is 24.5. The average Bonchev–Trinajstić information content (AvgIpc) is 3.41. The van der Waals surface area contributed by atoms with Gasteiger partial charge in [0.05, 0.1) is 18.7 Å². The molecule has 176 valence electrons. The maximum absolute atomic E-state index is 13.3. The van der Waals surface area contributed by atoms with E-state index in [9.17, 15) is 14.7 Å². The van der Waals surface area contributed by atoms with E-state index >= 15 is 0 Å². The molecule has 1 atom stereocenters. The molecule has 0 aliphatic carbocycles. The number of likely N-dealkylation sites (tertiary alicyclic amines) is 1. The Kier molecular flexibility index (Phi) is 5.87. The number of carbonyl (C=O) groups excluding carboxylic acids is 2. The van der Waals surface area contributed by atoms with Crippen molar-refractivity contribution in [2.75, 3.05) is 13.7 Å². The van der Waals surface area contributed by atoms with Gasteiger partial charge in [-0.05, 0) is 42.7 Å². The summed E-state index contributed by atoms with van der Waals surface area (Å²) in [4.78, 5) is 31.3. The molecule has 5 rings (SSSR count). The van der Waals surface area contributed by atoms with Crippen LogP contribution in [-0.2, 0) is 16.0 Å². The van der Waals surface area contributed by atoms with E-state index in [0.29, 0.717) is 29.8 Å². The molecule has 1 saturated heterocycles. The molecule has 1 fully saturated rings. The molecule has 6 heteroatoms. The topological polar surface area (TPSA) is 82.6 Å². The smallest absolute Gasteiger partial charge is 0.295 e. The van der Waals surface area contributed by atoms with Crippen LogP contribution in [0.25, 0.3) is 16.7 Å². The van der Waals surface area contributed by atoms with E-state index in [2.05, 4.69) is 4.98 Å². The third-order valence-corrected chi connectivity index (χ3v) is 6.57. The predicted molar refractivity (Wildman–Crippen MR) is 135 cm³/mol. The lowest BCUT2D eigenvalue weighted by Crippen LogP contribution is -2.31. The van der Waals surface area contributed by atoms with Crippen molar-refractivity contribution >= 4 is 28.4 Å². The first-order valence-corrected chi connectivity index (χ1v) is 11.5. The van der Waals surface area contributed by atoms with Gasteiger partial charge >= 0.3 is 0 Å². The van der Waals surface area contributed by atoms with Crippen molar-refractivity contribution in [3.05, 3.63) is 107 Å². The van der Waals surface area contributed by atoms with Crippen molar-refractivity contribution in [1.29, 1.82) is 0 Å². The maximum atomic E-state index is 13.3. The number of rotatable bonds is 6. The number of ketones is 1. The monoisotopic (exact) mass is 466 g/mol. The molecule has 0 radical (unpaired) electrons. The van der Waals surface area contributed by atoms with E-state index in [4.69, 9.17) is 4.74 Å². The second-order valence-corrected chi connectivity index (χ2v) is 8.74. The molecule has 0 spiro atoms. The highest BCUT2D eigenvalue weighted by Crippen LogP contribution is 2.40. The van der Waals surface area contributed by atoms with Crippen LogP contribution in [0.2, 0.25) is 0 Å². The van der Waals surface area contributed by atoms with Crippen LogP contribution in [0.1, 0.15) is 28.3 Å². The number of para-hydroxylation sites is 1. The average molecular weight is 467 g/mol. The Morgan fingerprint density at radius 2 is 1.80 bits per heavy atom. The Hall–Kier alpha value is -4.32. The van der Waals surface area contributed by atoms with Gasteiger partial charge in [0.2, 0.25) is 0 Å². The number of aromatic nitrogens is 1. The lowest BCUT2D eigenvalue weighted by Gasteiger charge is -2.25. The van der Waals surface area contributed by atoms with Gasteiger partial charge in [-0.15, -0.1) is 0 Å². The molecule has 0 unspecified atom stereocenters. The van der Waals surface area contributed by atoms with Crippen molar-refractivity contribution < 1.29 is 19.4 Å². The molecule has 0 saturated carbocycles. The Bertz CT molecular complexity index is 1450. The summed E-state index contributed by atoms with van der Waals surface area (Å²) in [7, 11) is 1.57. The molecule has 1 aliphatic rings. The SMILES string of the molecule is COc1cccc([C@H]2C(=C(O)c3ccc(C)cc3)C(=O)C(=O)N2CCc2c[nH]c3ccccc23)c1. The van der Waals surface area contributed by atoms with Gasteiger partial charge in [-0.3, -0.25) is 9.59 Å². The van der Waals surface area contributed by atoms with Gasteiger partial charge in [-0.25, -0.2) is 0 Å². The van der Waals surface area contributed by atoms with Crippen LogP contribution in [0, 0.1) is 6.92 Å². The van der Waals surface area contributed by atoms with Crippen LogP contribution in [0.5, 0.6) is 5.75 Å². The predicted octanol–water partition coefficient (Wildman–Crippen LogP) is 5.15. The third kappa shape index (κ3) is 4.08. The summed E-state index contributed by atoms with van der Waals surface area (Å²) >= 11 is 0. The summed E-state index contributed by atoms with van der Waals surface area (Å²) in [6.07, 6.45) is 2.50. The Morgan fingerprint density at radius 1 is 1.03 bits per heavy atom. The fraction of sp³-hybridized carbons (Fsp3) is 0.172. The Balaban J connectivity index is 1.58. The molecular weight excluding hydrogens is 440 g/mol. The van der Waals surface area contributed by atoms with Crippen molar-refractivity contribution in [1.82, 2.24) is 9.88 Å². The minimum Gasteiger partial charge on any atom is -0.507 e. The highest BCUT2D eigenvalue weighted by atomic mass is 16.5. The molecule has 1 aliphatic heterocycles. The van der Waals surface area contributed by atoms with Gasteiger partial charge in [-0.1, -0.05) is 60.2 Å². The number of ether oxygens (including phenoxy) is 1. The van der Waals surface area contributed by atoms with Gasteiger partial charge in [0, 0.05) is 29.2 Å². The van der Waals surface area contributed by atoms with Crippen molar-refractivity contribution in [3.8, 4) is 5.75 Å². The zero-order valence-electron chi connectivity index (χ0n) is 19.6. The number of benzene rings is 3. The second-order valence-electron chi connectivity index (χ2n) is 8.74. The van der Waals surface area contributed by atoms with Crippen LogP contribution >= 0.6 is 0 Å². The highest BCUT2D eigenvalue weighted by Gasteiger charge is 2.46. The largest absolute Gasteiger partial charge is 0.507 e. The van der Waals surface area contributed by atoms with Crippen molar-refractivity contribution in [2.24, 2.45) is 0 Å². The third-order valence-electron chi connectivity index (χ3n) is 6.57. The first-order chi connectivity index (χ1) is 17.0. The van der Waals surface area contributed by atoms with Crippen LogP contribution in [0.15, 0.2) is 84.6 Å². The summed E-state index contributed by atoms with van der Waals surface area (Å²) in [5.41, 5.74) is 4.41. The number of nitrogens with one attached hydrogen (secondary N) is 1. The molecule has 1 amide bonds. The quantitative estimate of drug-likeness (QED) is 0.234. The number of hydrogen-bond acceptors (Lipinski definition) is 4. The number of H-pyrrole nitrogens is 1. The number of hydrogen-bond donors (Lipinski definition) is 2. The molecule has 4 aromatic rings. The summed E-state index contributed by atoms with van der Waals surface area (Å²) in [6, 6.07) is 21.8. The van der Waals surface area contributed by atoms with E-state index < -0.39 is 17.7 Å². The lowest BCUT2D eigenvalue weighted by atomic mass is 9.94. The van der Waals surface area contributed by atoms with Crippen molar-refractivity contribution in [3.63, 3.8) is 0 Å². The molecule has 35 heavy (non-hydrogen) atoms. The fourth-order valence-electron chi connectivity index (χ4n) is 4.72. The minimum atomic E-state index is -0.725. The number of amides is 1. The minimum absolute atomic E-state index is 0.0889. The number of aliphatic hydroxyl groups excluding tert-OH is 1. The molecule has 6 nitrogen and oxygen atoms in total. The van der Waals surface area contributed by atoms with E-state index in [1.54, 1.807) is 30.2 Å².